The van der Waals surface area contributed by atoms with Crippen LogP contribution in [0.2, 0.25) is 0 Å². The fourth-order valence-electron chi connectivity index (χ4n) is 3.00. The van der Waals surface area contributed by atoms with E-state index in [9.17, 15) is 19.3 Å². The number of rotatable bonds is 4. The van der Waals surface area contributed by atoms with Gasteiger partial charge in [-0.15, -0.1) is 11.8 Å². The topological polar surface area (TPSA) is 66.7 Å². The molecule has 2 aromatic carbocycles. The Balaban J connectivity index is 1.77. The summed E-state index contributed by atoms with van der Waals surface area (Å²) in [5, 5.41) is 11.3. The molecule has 0 spiro atoms. The zero-order chi connectivity index (χ0) is 18.7. The lowest BCUT2D eigenvalue weighted by molar-refractivity contribution is -0.385. The molecule has 1 amide bonds. The molecule has 0 saturated carbocycles. The number of carbonyl (C=O) groups is 1. The predicted octanol–water partition coefficient (Wildman–Crippen LogP) is 3.42. The van der Waals surface area contributed by atoms with Crippen LogP contribution < -0.4 is 4.90 Å². The van der Waals surface area contributed by atoms with E-state index in [-0.39, 0.29) is 23.0 Å². The summed E-state index contributed by atoms with van der Waals surface area (Å²) in [5.74, 6) is -0.656. The second-order valence-corrected chi connectivity index (χ2v) is 6.75. The molecular weight excluding hydrogens is 357 g/mol. The lowest BCUT2D eigenvalue weighted by atomic mass is 10.1. The Hall–Kier alpha value is -2.61. The van der Waals surface area contributed by atoms with Crippen molar-refractivity contribution in [1.29, 1.82) is 0 Å². The van der Waals surface area contributed by atoms with E-state index in [1.165, 1.54) is 23.9 Å². The number of hydrogen-bond acceptors (Lipinski definition) is 5. The van der Waals surface area contributed by atoms with E-state index in [1.807, 2.05) is 11.2 Å². The van der Waals surface area contributed by atoms with Gasteiger partial charge in [0.1, 0.15) is 11.4 Å². The first-order valence-corrected chi connectivity index (χ1v) is 9.35. The Morgan fingerprint density at radius 2 is 1.85 bits per heavy atom. The van der Waals surface area contributed by atoms with Gasteiger partial charge in [-0.1, -0.05) is 12.1 Å². The van der Waals surface area contributed by atoms with E-state index in [0.717, 1.165) is 4.90 Å². The molecule has 26 heavy (non-hydrogen) atoms. The quantitative estimate of drug-likeness (QED) is 0.465. The minimum Gasteiger partial charge on any atom is -0.366 e. The highest BCUT2D eigenvalue weighted by Gasteiger charge is 2.28. The Kier molecular flexibility index (Phi) is 5.41. The normalized spacial score (nSPS) is 14.4. The highest BCUT2D eigenvalue weighted by atomic mass is 32.2. The van der Waals surface area contributed by atoms with E-state index < -0.39 is 4.92 Å². The van der Waals surface area contributed by atoms with Gasteiger partial charge in [-0.3, -0.25) is 14.9 Å². The summed E-state index contributed by atoms with van der Waals surface area (Å²) >= 11 is 1.42. The molecule has 136 valence electrons. The molecule has 0 aliphatic carbocycles. The third-order valence-corrected chi connectivity index (χ3v) is 5.12. The Bertz CT molecular complexity index is 838. The Labute approximate surface area is 154 Å². The number of carbonyl (C=O) groups excluding carboxylic acids is 1. The van der Waals surface area contributed by atoms with Gasteiger partial charge in [0.15, 0.2) is 0 Å². The number of benzene rings is 2. The smallest absolute Gasteiger partial charge is 0.282 e. The maximum Gasteiger partial charge on any atom is 0.282 e. The van der Waals surface area contributed by atoms with E-state index >= 15 is 0 Å². The predicted molar refractivity (Wildman–Crippen MR) is 99.4 cm³/mol. The van der Waals surface area contributed by atoms with Gasteiger partial charge in [-0.2, -0.15) is 0 Å². The van der Waals surface area contributed by atoms with Gasteiger partial charge in [0.2, 0.25) is 0 Å². The molecule has 1 fully saturated rings. The number of para-hydroxylation sites is 1. The Morgan fingerprint density at radius 1 is 1.15 bits per heavy atom. The average Bonchev–Trinajstić information content (AvgIpc) is 2.67. The fraction of sp³-hybridized carbons (Fsp3) is 0.278. The number of hydrogen-bond donors (Lipinski definition) is 0. The summed E-state index contributed by atoms with van der Waals surface area (Å²) in [7, 11) is 0. The van der Waals surface area contributed by atoms with Crippen LogP contribution in [0.5, 0.6) is 0 Å². The molecule has 6 nitrogen and oxygen atoms in total. The molecule has 3 rings (SSSR count). The number of thioether (sulfide) groups is 1. The maximum absolute atomic E-state index is 13.9. The minimum atomic E-state index is -0.535. The van der Waals surface area contributed by atoms with Gasteiger partial charge in [-0.05, 0) is 30.5 Å². The monoisotopic (exact) mass is 375 g/mol. The molecule has 1 saturated heterocycles. The van der Waals surface area contributed by atoms with Crippen LogP contribution in [0.4, 0.5) is 15.8 Å². The van der Waals surface area contributed by atoms with Gasteiger partial charge in [0.25, 0.3) is 11.6 Å². The van der Waals surface area contributed by atoms with Gasteiger partial charge < -0.3 is 9.80 Å². The van der Waals surface area contributed by atoms with Crippen LogP contribution in [0.1, 0.15) is 10.4 Å². The van der Waals surface area contributed by atoms with Crippen LogP contribution in [0.15, 0.2) is 47.4 Å². The zero-order valence-electron chi connectivity index (χ0n) is 14.2. The molecule has 1 heterocycles. The number of nitro benzene ring substituents is 1. The van der Waals surface area contributed by atoms with Crippen molar-refractivity contribution in [2.45, 2.75) is 4.90 Å². The van der Waals surface area contributed by atoms with Gasteiger partial charge >= 0.3 is 0 Å². The van der Waals surface area contributed by atoms with Gasteiger partial charge in [0.05, 0.1) is 10.6 Å². The summed E-state index contributed by atoms with van der Waals surface area (Å²) in [6.45, 7) is 1.72. The number of nitro groups is 1. The number of amides is 1. The third-order valence-electron chi connectivity index (χ3n) is 4.39. The van der Waals surface area contributed by atoms with Crippen molar-refractivity contribution in [3.8, 4) is 0 Å². The summed E-state index contributed by atoms with van der Waals surface area (Å²) in [5.41, 5.74) is 0.417. The molecule has 0 bridgehead atoms. The van der Waals surface area contributed by atoms with Gasteiger partial charge in [0, 0.05) is 37.1 Å². The van der Waals surface area contributed by atoms with E-state index in [1.54, 1.807) is 35.2 Å². The van der Waals surface area contributed by atoms with Crippen molar-refractivity contribution in [2.75, 3.05) is 37.3 Å². The van der Waals surface area contributed by atoms with Crippen LogP contribution in [0.25, 0.3) is 0 Å². The van der Waals surface area contributed by atoms with E-state index in [4.69, 9.17) is 0 Å². The molecule has 2 aromatic rings. The summed E-state index contributed by atoms with van der Waals surface area (Å²) in [6.07, 6.45) is 1.85. The van der Waals surface area contributed by atoms with Crippen molar-refractivity contribution >= 4 is 29.0 Å². The first kappa shape index (κ1) is 18.2. The van der Waals surface area contributed by atoms with Crippen LogP contribution in [-0.4, -0.2) is 48.2 Å². The second kappa shape index (κ2) is 7.74. The SMILES string of the molecule is CSc1ccc([N+](=O)[O-])c(C(=O)N2CCN(c3ccccc3F)CC2)c1. The van der Waals surface area contributed by atoms with Gasteiger partial charge in [-0.25, -0.2) is 4.39 Å². The average molecular weight is 375 g/mol. The van der Waals surface area contributed by atoms with Crippen LogP contribution in [-0.2, 0) is 0 Å². The van der Waals surface area contributed by atoms with Crippen molar-refractivity contribution in [3.05, 3.63) is 64.0 Å². The number of halogens is 1. The highest BCUT2D eigenvalue weighted by molar-refractivity contribution is 7.98. The summed E-state index contributed by atoms with van der Waals surface area (Å²) < 4.78 is 13.9. The number of anilines is 1. The van der Waals surface area contributed by atoms with Crippen molar-refractivity contribution in [2.24, 2.45) is 0 Å². The molecule has 1 aliphatic heterocycles. The van der Waals surface area contributed by atoms with Crippen LogP contribution in [0.3, 0.4) is 0 Å². The molecular formula is C18H18FN3O3S. The van der Waals surface area contributed by atoms with Crippen molar-refractivity contribution in [3.63, 3.8) is 0 Å². The summed E-state index contributed by atoms with van der Waals surface area (Å²) in [6, 6.07) is 11.1. The molecule has 8 heteroatoms. The largest absolute Gasteiger partial charge is 0.366 e. The number of piperazine rings is 1. The zero-order valence-corrected chi connectivity index (χ0v) is 15.0. The van der Waals surface area contributed by atoms with Crippen molar-refractivity contribution < 1.29 is 14.1 Å². The lowest BCUT2D eigenvalue weighted by Gasteiger charge is -2.36. The van der Waals surface area contributed by atoms with Crippen LogP contribution >= 0.6 is 11.8 Å². The molecule has 0 radical (unpaired) electrons. The summed E-state index contributed by atoms with van der Waals surface area (Å²) in [4.78, 5) is 27.8. The molecule has 0 aromatic heterocycles. The minimum absolute atomic E-state index is 0.0983. The lowest BCUT2D eigenvalue weighted by Crippen LogP contribution is -2.49. The first-order valence-electron chi connectivity index (χ1n) is 8.12. The van der Waals surface area contributed by atoms with Crippen LogP contribution in [0, 0.1) is 15.9 Å². The van der Waals surface area contributed by atoms with E-state index in [0.29, 0.717) is 31.9 Å². The second-order valence-electron chi connectivity index (χ2n) is 5.87. The van der Waals surface area contributed by atoms with E-state index in [2.05, 4.69) is 0 Å². The maximum atomic E-state index is 13.9. The fourth-order valence-corrected chi connectivity index (χ4v) is 3.44. The molecule has 1 aliphatic rings. The third kappa shape index (κ3) is 3.65. The number of nitrogens with zero attached hydrogens (tertiary/aromatic N) is 3. The first-order chi connectivity index (χ1) is 12.5. The highest BCUT2D eigenvalue weighted by Crippen LogP contribution is 2.27. The molecule has 0 N–H and O–H groups in total. The molecule has 0 atom stereocenters. The standard InChI is InChI=1S/C18H18FN3O3S/c1-26-13-6-7-16(22(24)25)14(12-13)18(23)21-10-8-20(9-11-21)17-5-3-2-4-15(17)19/h2-7,12H,8-11H2,1H3. The Morgan fingerprint density at radius 3 is 2.46 bits per heavy atom. The molecule has 0 unspecified atom stereocenters. The van der Waals surface area contributed by atoms with Crippen molar-refractivity contribution in [1.82, 2.24) is 4.90 Å².